The minimum Gasteiger partial charge on any atom is -0.497 e. The number of likely N-dealkylation sites (tertiary alicyclic amines) is 1. The first-order valence-electron chi connectivity index (χ1n) is 15.3. The third-order valence-electron chi connectivity index (χ3n) is 7.56. The fourth-order valence-corrected chi connectivity index (χ4v) is 8.75. The standard InChI is InChI=1S/C34H46NO9PS/c1-25(2)42-45(36,43-26(3)4)24-35-22-33(44-46(7,37)38)21-30(35)23-41-34(27-11-9-8-10-12-27,28-13-17-31(39-5)18-14-28)29-15-19-32(40-6)20-16-29/h8-20,25-26,30,33H,21-24H2,1-7H3/t30-,33+/m0/s1. The molecular formula is C34H46NO9PS. The van der Waals surface area contributed by atoms with Crippen molar-refractivity contribution in [3.63, 3.8) is 0 Å². The minimum absolute atomic E-state index is 0.0512. The molecule has 1 aliphatic rings. The van der Waals surface area contributed by atoms with Crippen molar-refractivity contribution < 1.29 is 40.4 Å². The second-order valence-electron chi connectivity index (χ2n) is 12.0. The molecular weight excluding hydrogens is 629 g/mol. The molecule has 0 aliphatic carbocycles. The fourth-order valence-electron chi connectivity index (χ4n) is 5.85. The van der Waals surface area contributed by atoms with E-state index in [0.29, 0.717) is 17.9 Å². The van der Waals surface area contributed by atoms with E-state index in [4.69, 9.17) is 27.4 Å². The number of methoxy groups -OCH3 is 2. The summed E-state index contributed by atoms with van der Waals surface area (Å²) in [5, 5.41) is 0. The van der Waals surface area contributed by atoms with Gasteiger partial charge >= 0.3 is 7.60 Å². The highest BCUT2D eigenvalue weighted by Gasteiger charge is 2.44. The van der Waals surface area contributed by atoms with Crippen LogP contribution in [-0.2, 0) is 38.3 Å². The Balaban J connectivity index is 1.79. The van der Waals surface area contributed by atoms with Crippen molar-refractivity contribution in [1.82, 2.24) is 4.90 Å². The van der Waals surface area contributed by atoms with Crippen LogP contribution in [0.15, 0.2) is 78.9 Å². The van der Waals surface area contributed by atoms with E-state index in [1.807, 2.05) is 83.8 Å². The minimum atomic E-state index is -3.74. The zero-order valence-corrected chi connectivity index (χ0v) is 29.3. The van der Waals surface area contributed by atoms with Crippen LogP contribution in [-0.4, -0.2) is 77.6 Å². The average Bonchev–Trinajstić information content (AvgIpc) is 3.36. The normalized spacial score (nSPS) is 17.9. The van der Waals surface area contributed by atoms with E-state index in [-0.39, 0.29) is 37.7 Å². The molecule has 1 heterocycles. The maximum absolute atomic E-state index is 14.0. The average molecular weight is 676 g/mol. The summed E-state index contributed by atoms with van der Waals surface area (Å²) in [6, 6.07) is 24.9. The quantitative estimate of drug-likeness (QED) is 0.0957. The van der Waals surface area contributed by atoms with Crippen LogP contribution in [0.5, 0.6) is 11.5 Å². The van der Waals surface area contributed by atoms with Crippen LogP contribution in [0.2, 0.25) is 0 Å². The number of hydrogen-bond acceptors (Lipinski definition) is 10. The van der Waals surface area contributed by atoms with Crippen LogP contribution in [0, 0.1) is 0 Å². The highest BCUT2D eigenvalue weighted by atomic mass is 32.2. The molecule has 1 saturated heterocycles. The zero-order valence-electron chi connectivity index (χ0n) is 27.6. The van der Waals surface area contributed by atoms with Crippen molar-refractivity contribution in [2.24, 2.45) is 0 Å². The van der Waals surface area contributed by atoms with E-state index in [1.165, 1.54) is 0 Å². The van der Waals surface area contributed by atoms with Crippen LogP contribution in [0.1, 0.15) is 50.8 Å². The molecule has 10 nitrogen and oxygen atoms in total. The Kier molecular flexibility index (Phi) is 12.1. The van der Waals surface area contributed by atoms with Gasteiger partial charge in [0.05, 0.1) is 45.4 Å². The monoisotopic (exact) mass is 675 g/mol. The van der Waals surface area contributed by atoms with Gasteiger partial charge in [-0.3, -0.25) is 13.6 Å². The van der Waals surface area contributed by atoms with E-state index in [9.17, 15) is 13.0 Å². The van der Waals surface area contributed by atoms with E-state index < -0.39 is 29.4 Å². The highest BCUT2D eigenvalue weighted by molar-refractivity contribution is 7.86. The molecule has 2 atom stereocenters. The summed E-state index contributed by atoms with van der Waals surface area (Å²) in [6.45, 7) is 7.54. The molecule has 0 amide bonds. The number of hydrogen-bond donors (Lipinski definition) is 0. The van der Waals surface area contributed by atoms with Crippen molar-refractivity contribution in [3.05, 3.63) is 95.6 Å². The zero-order chi connectivity index (χ0) is 33.5. The van der Waals surface area contributed by atoms with Crippen LogP contribution in [0.3, 0.4) is 0 Å². The SMILES string of the molecule is COc1ccc(C(OC[C@@H]2C[C@@H](OS(C)(=O)=O)CN2CP(=O)(OC(C)C)OC(C)C)(c2ccccc2)c2ccc(OC)cc2)cc1. The molecule has 0 unspecified atom stereocenters. The molecule has 3 aromatic rings. The van der Waals surface area contributed by atoms with Crippen molar-refractivity contribution in [2.75, 3.05) is 39.9 Å². The topological polar surface area (TPSA) is 110 Å². The predicted molar refractivity (Wildman–Crippen MR) is 178 cm³/mol. The van der Waals surface area contributed by atoms with E-state index in [2.05, 4.69) is 0 Å². The summed E-state index contributed by atoms with van der Waals surface area (Å²) in [5.74, 6) is 1.41. The lowest BCUT2D eigenvalue weighted by atomic mass is 9.80. The largest absolute Gasteiger partial charge is 0.497 e. The molecule has 12 heteroatoms. The molecule has 0 radical (unpaired) electrons. The van der Waals surface area contributed by atoms with Gasteiger partial charge in [0.15, 0.2) is 0 Å². The van der Waals surface area contributed by atoms with Crippen LogP contribution < -0.4 is 9.47 Å². The maximum atomic E-state index is 14.0. The molecule has 1 aliphatic heterocycles. The van der Waals surface area contributed by atoms with Crippen LogP contribution in [0.25, 0.3) is 0 Å². The van der Waals surface area contributed by atoms with Crippen molar-refractivity contribution in [3.8, 4) is 11.5 Å². The Bertz CT molecular complexity index is 1490. The van der Waals surface area contributed by atoms with Gasteiger partial charge in [0.2, 0.25) is 0 Å². The summed E-state index contributed by atoms with van der Waals surface area (Å²) in [4.78, 5) is 1.90. The summed E-state index contributed by atoms with van der Waals surface area (Å²) in [6.07, 6.45) is -0.0505. The Morgan fingerprint density at radius 2 is 1.28 bits per heavy atom. The summed E-state index contributed by atoms with van der Waals surface area (Å²) in [5.41, 5.74) is 1.51. The van der Waals surface area contributed by atoms with Gasteiger partial charge < -0.3 is 23.3 Å². The first kappa shape index (κ1) is 36.1. The van der Waals surface area contributed by atoms with Crippen molar-refractivity contribution in [1.29, 1.82) is 0 Å². The first-order valence-corrected chi connectivity index (χ1v) is 18.9. The van der Waals surface area contributed by atoms with Crippen LogP contribution >= 0.6 is 7.60 Å². The van der Waals surface area contributed by atoms with Gasteiger partial charge in [0.25, 0.3) is 10.1 Å². The number of rotatable bonds is 16. The van der Waals surface area contributed by atoms with Crippen molar-refractivity contribution in [2.45, 2.75) is 64.1 Å². The van der Waals surface area contributed by atoms with Gasteiger partial charge in [0.1, 0.15) is 23.4 Å². The molecule has 0 N–H and O–H groups in total. The van der Waals surface area contributed by atoms with Crippen LogP contribution in [0.4, 0.5) is 0 Å². The lowest BCUT2D eigenvalue weighted by Gasteiger charge is -2.38. The third-order valence-corrected chi connectivity index (χ3v) is 10.4. The Morgan fingerprint density at radius 3 is 1.72 bits per heavy atom. The molecule has 3 aromatic carbocycles. The Labute approximate surface area is 273 Å². The van der Waals surface area contributed by atoms with E-state index >= 15 is 0 Å². The van der Waals surface area contributed by atoms with Crippen molar-refractivity contribution >= 4 is 17.7 Å². The first-order chi connectivity index (χ1) is 21.8. The summed E-state index contributed by atoms with van der Waals surface area (Å²) in [7, 11) is -4.12. The molecule has 4 rings (SSSR count). The third kappa shape index (κ3) is 9.19. The predicted octanol–water partition coefficient (Wildman–Crippen LogP) is 6.43. The lowest BCUT2D eigenvalue weighted by molar-refractivity contribution is -0.0145. The van der Waals surface area contributed by atoms with E-state index in [1.54, 1.807) is 41.9 Å². The van der Waals surface area contributed by atoms with Gasteiger partial charge in [-0.2, -0.15) is 8.42 Å². The summed E-state index contributed by atoms with van der Waals surface area (Å²) >= 11 is 0. The van der Waals surface area contributed by atoms with Gasteiger partial charge in [-0.1, -0.05) is 54.6 Å². The summed E-state index contributed by atoms with van der Waals surface area (Å²) < 4.78 is 73.5. The molecule has 0 spiro atoms. The second-order valence-corrected chi connectivity index (χ2v) is 15.5. The molecule has 252 valence electrons. The fraction of sp³-hybridized carbons (Fsp3) is 0.471. The molecule has 0 aromatic heterocycles. The highest BCUT2D eigenvalue weighted by Crippen LogP contribution is 2.52. The van der Waals surface area contributed by atoms with Gasteiger partial charge in [-0.05, 0) is 75.1 Å². The Morgan fingerprint density at radius 1 is 0.804 bits per heavy atom. The van der Waals surface area contributed by atoms with Gasteiger partial charge in [-0.25, -0.2) is 0 Å². The van der Waals surface area contributed by atoms with E-state index in [0.717, 1.165) is 22.9 Å². The molecule has 0 bridgehead atoms. The number of benzene rings is 3. The maximum Gasteiger partial charge on any atom is 0.345 e. The number of ether oxygens (including phenoxy) is 3. The van der Waals surface area contributed by atoms with Gasteiger partial charge in [-0.15, -0.1) is 0 Å². The second kappa shape index (κ2) is 15.4. The molecule has 1 fully saturated rings. The molecule has 0 saturated carbocycles. The lowest BCUT2D eigenvalue weighted by Crippen LogP contribution is -2.40. The smallest absolute Gasteiger partial charge is 0.345 e. The molecule has 46 heavy (non-hydrogen) atoms. The number of nitrogens with zero attached hydrogens (tertiary/aromatic N) is 1. The van der Waals surface area contributed by atoms with Gasteiger partial charge in [0, 0.05) is 12.6 Å². The Hall–Kier alpha value is -2.76.